The van der Waals surface area contributed by atoms with Crippen LogP contribution in [0.1, 0.15) is 32.4 Å². The summed E-state index contributed by atoms with van der Waals surface area (Å²) < 4.78 is 31.9. The second kappa shape index (κ2) is 7.00. The Hall–Kier alpha value is -0.950. The van der Waals surface area contributed by atoms with E-state index in [0.717, 1.165) is 5.56 Å². The maximum atomic E-state index is 12.1. The summed E-state index contributed by atoms with van der Waals surface area (Å²) >= 11 is 0. The van der Waals surface area contributed by atoms with Gasteiger partial charge in [-0.1, -0.05) is 12.1 Å². The molecular weight excluding hydrogens is 264 g/mol. The third-order valence-electron chi connectivity index (χ3n) is 2.64. The highest BCUT2D eigenvalue weighted by atomic mass is 32.2. The molecule has 2 atom stereocenters. The van der Waals surface area contributed by atoms with Crippen molar-refractivity contribution in [1.82, 2.24) is 4.72 Å². The van der Waals surface area contributed by atoms with E-state index < -0.39 is 10.0 Å². The van der Waals surface area contributed by atoms with E-state index in [1.54, 1.807) is 31.2 Å². The van der Waals surface area contributed by atoms with E-state index >= 15 is 0 Å². The first-order chi connectivity index (χ1) is 8.86. The fourth-order valence-corrected chi connectivity index (χ4v) is 2.84. The van der Waals surface area contributed by atoms with Gasteiger partial charge >= 0.3 is 0 Å². The molecule has 0 aromatic heterocycles. The van der Waals surface area contributed by atoms with Gasteiger partial charge in [-0.25, -0.2) is 13.1 Å². The molecule has 0 aliphatic heterocycles. The van der Waals surface area contributed by atoms with Gasteiger partial charge in [-0.05, 0) is 38.5 Å². The summed E-state index contributed by atoms with van der Waals surface area (Å²) in [4.78, 5) is 0.236. The molecule has 108 valence electrons. The number of hydrogen-bond acceptors (Lipinski definition) is 4. The van der Waals surface area contributed by atoms with Gasteiger partial charge in [0.2, 0.25) is 10.0 Å². The fourth-order valence-electron chi connectivity index (χ4n) is 1.61. The fraction of sp³-hybridized carbons (Fsp3) is 0.538. The van der Waals surface area contributed by atoms with Crippen LogP contribution in [0.3, 0.4) is 0 Å². The molecule has 3 N–H and O–H groups in total. The molecule has 0 bridgehead atoms. The van der Waals surface area contributed by atoms with Crippen LogP contribution in [0.15, 0.2) is 29.2 Å². The lowest BCUT2D eigenvalue weighted by Gasteiger charge is -2.14. The highest BCUT2D eigenvalue weighted by Crippen LogP contribution is 2.14. The standard InChI is InChI=1S/C13H22N2O3S/c1-4-18-9-10(2)15-19(16,17)13-7-5-12(6-8-13)11(3)14/h5-8,10-11,15H,4,9,14H2,1-3H3. The van der Waals surface area contributed by atoms with Crippen LogP contribution in [-0.2, 0) is 14.8 Å². The van der Waals surface area contributed by atoms with Crippen molar-refractivity contribution < 1.29 is 13.2 Å². The van der Waals surface area contributed by atoms with Gasteiger partial charge in [0.25, 0.3) is 0 Å². The van der Waals surface area contributed by atoms with Gasteiger partial charge in [0.1, 0.15) is 0 Å². The van der Waals surface area contributed by atoms with Crippen molar-refractivity contribution in [3.8, 4) is 0 Å². The minimum Gasteiger partial charge on any atom is -0.380 e. The van der Waals surface area contributed by atoms with Crippen LogP contribution in [-0.4, -0.2) is 27.7 Å². The third-order valence-corrected chi connectivity index (χ3v) is 4.25. The molecule has 0 radical (unpaired) electrons. The van der Waals surface area contributed by atoms with Gasteiger partial charge in [-0.3, -0.25) is 0 Å². The van der Waals surface area contributed by atoms with E-state index in [-0.39, 0.29) is 17.0 Å². The molecule has 0 spiro atoms. The van der Waals surface area contributed by atoms with E-state index in [1.165, 1.54) is 0 Å². The monoisotopic (exact) mass is 286 g/mol. The molecule has 0 saturated carbocycles. The SMILES string of the molecule is CCOCC(C)NS(=O)(=O)c1ccc(C(C)N)cc1. The highest BCUT2D eigenvalue weighted by molar-refractivity contribution is 7.89. The summed E-state index contributed by atoms with van der Waals surface area (Å²) in [5, 5.41) is 0. The van der Waals surface area contributed by atoms with Crippen molar-refractivity contribution in [2.75, 3.05) is 13.2 Å². The summed E-state index contributed by atoms with van der Waals surface area (Å²) in [6, 6.07) is 6.21. The Morgan fingerprint density at radius 2 is 1.84 bits per heavy atom. The van der Waals surface area contributed by atoms with Crippen LogP contribution in [0.5, 0.6) is 0 Å². The number of hydrogen-bond donors (Lipinski definition) is 2. The normalized spacial score (nSPS) is 15.2. The second-order valence-corrected chi connectivity index (χ2v) is 6.25. The van der Waals surface area contributed by atoms with E-state index in [4.69, 9.17) is 10.5 Å². The van der Waals surface area contributed by atoms with E-state index in [0.29, 0.717) is 13.2 Å². The van der Waals surface area contributed by atoms with Crippen molar-refractivity contribution in [3.63, 3.8) is 0 Å². The van der Waals surface area contributed by atoms with E-state index in [2.05, 4.69) is 4.72 Å². The number of nitrogens with two attached hydrogens (primary N) is 1. The number of benzene rings is 1. The Morgan fingerprint density at radius 3 is 2.32 bits per heavy atom. The first kappa shape index (κ1) is 16.1. The van der Waals surface area contributed by atoms with Crippen LogP contribution < -0.4 is 10.5 Å². The van der Waals surface area contributed by atoms with Crippen LogP contribution >= 0.6 is 0 Å². The first-order valence-electron chi connectivity index (χ1n) is 6.32. The van der Waals surface area contributed by atoms with Crippen LogP contribution in [0.2, 0.25) is 0 Å². The van der Waals surface area contributed by atoms with E-state index in [1.807, 2.05) is 13.8 Å². The van der Waals surface area contributed by atoms with Crippen molar-refractivity contribution in [3.05, 3.63) is 29.8 Å². The Bertz CT molecular complexity index is 483. The Morgan fingerprint density at radius 1 is 1.26 bits per heavy atom. The molecule has 0 amide bonds. The molecule has 2 unspecified atom stereocenters. The lowest BCUT2D eigenvalue weighted by Crippen LogP contribution is -2.35. The molecule has 0 fully saturated rings. The number of nitrogens with one attached hydrogen (secondary N) is 1. The van der Waals surface area contributed by atoms with Gasteiger partial charge in [-0.15, -0.1) is 0 Å². The Kier molecular flexibility index (Phi) is 5.93. The Balaban J connectivity index is 2.77. The van der Waals surface area contributed by atoms with Crippen molar-refractivity contribution in [2.45, 2.75) is 37.8 Å². The van der Waals surface area contributed by atoms with Gasteiger partial charge in [0.05, 0.1) is 11.5 Å². The van der Waals surface area contributed by atoms with E-state index in [9.17, 15) is 8.42 Å². The summed E-state index contributed by atoms with van der Waals surface area (Å²) in [5.41, 5.74) is 6.63. The minimum absolute atomic E-state index is 0.110. The zero-order valence-corrected chi connectivity index (χ0v) is 12.4. The third kappa shape index (κ3) is 4.91. The highest BCUT2D eigenvalue weighted by Gasteiger charge is 2.17. The molecule has 0 aliphatic rings. The van der Waals surface area contributed by atoms with Gasteiger partial charge in [0.15, 0.2) is 0 Å². The minimum atomic E-state index is -3.50. The second-order valence-electron chi connectivity index (χ2n) is 4.54. The largest absolute Gasteiger partial charge is 0.380 e. The predicted octanol–water partition coefficient (Wildman–Crippen LogP) is 1.41. The number of ether oxygens (including phenoxy) is 1. The van der Waals surface area contributed by atoms with Crippen LogP contribution in [0, 0.1) is 0 Å². The van der Waals surface area contributed by atoms with Crippen LogP contribution in [0.4, 0.5) is 0 Å². The quantitative estimate of drug-likeness (QED) is 0.794. The number of rotatable bonds is 7. The lowest BCUT2D eigenvalue weighted by atomic mass is 10.1. The van der Waals surface area contributed by atoms with Gasteiger partial charge in [-0.2, -0.15) is 0 Å². The molecule has 5 nitrogen and oxygen atoms in total. The van der Waals surface area contributed by atoms with Crippen molar-refractivity contribution in [2.24, 2.45) is 5.73 Å². The molecule has 0 heterocycles. The van der Waals surface area contributed by atoms with Crippen molar-refractivity contribution in [1.29, 1.82) is 0 Å². The molecule has 1 aromatic rings. The lowest BCUT2D eigenvalue weighted by molar-refractivity contribution is 0.133. The van der Waals surface area contributed by atoms with Gasteiger partial charge in [0, 0.05) is 18.7 Å². The molecule has 1 aromatic carbocycles. The van der Waals surface area contributed by atoms with Crippen LogP contribution in [0.25, 0.3) is 0 Å². The molecule has 0 aliphatic carbocycles. The molecular formula is C13H22N2O3S. The maximum absolute atomic E-state index is 12.1. The summed E-state index contributed by atoms with van der Waals surface area (Å²) in [5.74, 6) is 0. The molecule has 1 rings (SSSR count). The maximum Gasteiger partial charge on any atom is 0.240 e. The predicted molar refractivity (Wildman–Crippen MR) is 75.3 cm³/mol. The summed E-state index contributed by atoms with van der Waals surface area (Å²) in [7, 11) is -3.50. The smallest absolute Gasteiger partial charge is 0.240 e. The summed E-state index contributed by atoms with van der Waals surface area (Å²) in [6.07, 6.45) is 0. The summed E-state index contributed by atoms with van der Waals surface area (Å²) in [6.45, 7) is 6.41. The zero-order chi connectivity index (χ0) is 14.5. The van der Waals surface area contributed by atoms with Crippen molar-refractivity contribution >= 4 is 10.0 Å². The molecule has 19 heavy (non-hydrogen) atoms. The average Bonchev–Trinajstić information content (AvgIpc) is 2.36. The topological polar surface area (TPSA) is 81.4 Å². The Labute approximate surface area is 115 Å². The number of sulfonamides is 1. The van der Waals surface area contributed by atoms with Gasteiger partial charge < -0.3 is 10.5 Å². The average molecular weight is 286 g/mol. The first-order valence-corrected chi connectivity index (χ1v) is 7.80. The molecule has 0 saturated heterocycles. The zero-order valence-electron chi connectivity index (χ0n) is 11.6. The molecule has 6 heteroatoms.